The second-order valence-corrected chi connectivity index (χ2v) is 5.33. The van der Waals surface area contributed by atoms with E-state index in [4.69, 9.17) is 9.47 Å². The number of carbonyl (C=O) groups is 1. The summed E-state index contributed by atoms with van der Waals surface area (Å²) >= 11 is 0. The molecule has 2 aromatic carbocycles. The Balaban J connectivity index is 2.19. The lowest BCUT2D eigenvalue weighted by molar-refractivity contribution is -0.145. The molecular weight excluding hydrogens is 280 g/mol. The first-order chi connectivity index (χ1) is 10.5. The van der Waals surface area contributed by atoms with Crippen molar-refractivity contribution in [3.05, 3.63) is 59.7 Å². The quantitative estimate of drug-likeness (QED) is 0.875. The first-order valence-corrected chi connectivity index (χ1v) is 7.14. The maximum absolute atomic E-state index is 11.5. The molecule has 4 heteroatoms. The van der Waals surface area contributed by atoms with Crippen LogP contribution >= 0.6 is 0 Å². The molecule has 0 saturated carbocycles. The third-order valence-electron chi connectivity index (χ3n) is 3.44. The van der Waals surface area contributed by atoms with Crippen LogP contribution < -0.4 is 9.47 Å². The number of ether oxygens (including phenoxy) is 2. The molecule has 0 fully saturated rings. The number of hydrogen-bond acceptors (Lipinski definition) is 3. The zero-order valence-electron chi connectivity index (χ0n) is 12.9. The maximum atomic E-state index is 11.5. The molecule has 0 aliphatic carbocycles. The number of benzene rings is 2. The van der Waals surface area contributed by atoms with E-state index in [1.165, 1.54) is 5.56 Å². The fourth-order valence-corrected chi connectivity index (χ4v) is 2.11. The molecule has 1 unspecified atom stereocenters. The molecule has 0 saturated heterocycles. The zero-order valence-corrected chi connectivity index (χ0v) is 12.9. The smallest absolute Gasteiger partial charge is 0.349 e. The Hall–Kier alpha value is -2.49. The van der Waals surface area contributed by atoms with Gasteiger partial charge in [-0.05, 0) is 35.7 Å². The van der Waals surface area contributed by atoms with Crippen LogP contribution in [-0.2, 0) is 4.79 Å². The van der Waals surface area contributed by atoms with Crippen LogP contribution in [0.25, 0.3) is 0 Å². The minimum absolute atomic E-state index is 0.422. The number of aliphatic carboxylic acids is 1. The van der Waals surface area contributed by atoms with Crippen molar-refractivity contribution in [3.63, 3.8) is 0 Å². The third kappa shape index (κ3) is 3.79. The Morgan fingerprint density at radius 2 is 1.41 bits per heavy atom. The highest BCUT2D eigenvalue weighted by atomic mass is 16.5. The van der Waals surface area contributed by atoms with E-state index in [9.17, 15) is 9.90 Å². The van der Waals surface area contributed by atoms with E-state index in [-0.39, 0.29) is 0 Å². The van der Waals surface area contributed by atoms with Crippen molar-refractivity contribution in [2.45, 2.75) is 25.9 Å². The van der Waals surface area contributed by atoms with E-state index in [1.807, 2.05) is 12.1 Å². The van der Waals surface area contributed by atoms with Crippen LogP contribution in [0, 0.1) is 0 Å². The SMILES string of the molecule is COc1ccc(C(Oc2ccc(C(C)C)cc2)C(=O)O)cc1. The molecule has 22 heavy (non-hydrogen) atoms. The van der Waals surface area contributed by atoms with Crippen LogP contribution in [-0.4, -0.2) is 18.2 Å². The van der Waals surface area contributed by atoms with Crippen LogP contribution in [0.15, 0.2) is 48.5 Å². The molecule has 0 aliphatic heterocycles. The molecule has 1 atom stereocenters. The van der Waals surface area contributed by atoms with E-state index >= 15 is 0 Å². The van der Waals surface area contributed by atoms with Gasteiger partial charge < -0.3 is 14.6 Å². The Morgan fingerprint density at radius 1 is 0.909 bits per heavy atom. The van der Waals surface area contributed by atoms with Gasteiger partial charge in [0.15, 0.2) is 0 Å². The molecule has 0 aromatic heterocycles. The second-order valence-electron chi connectivity index (χ2n) is 5.33. The molecule has 116 valence electrons. The second kappa shape index (κ2) is 6.98. The van der Waals surface area contributed by atoms with Crippen LogP contribution in [0.1, 0.15) is 37.0 Å². The highest BCUT2D eigenvalue weighted by molar-refractivity contribution is 5.75. The van der Waals surface area contributed by atoms with Crippen molar-refractivity contribution in [3.8, 4) is 11.5 Å². The van der Waals surface area contributed by atoms with Crippen LogP contribution in [0.2, 0.25) is 0 Å². The van der Waals surface area contributed by atoms with Gasteiger partial charge in [0.2, 0.25) is 6.10 Å². The number of carboxylic acids is 1. The lowest BCUT2D eigenvalue weighted by Crippen LogP contribution is -2.18. The van der Waals surface area contributed by atoms with Gasteiger partial charge in [-0.3, -0.25) is 0 Å². The van der Waals surface area contributed by atoms with Gasteiger partial charge in [-0.1, -0.05) is 38.1 Å². The molecule has 0 spiro atoms. The minimum atomic E-state index is -1.05. The van der Waals surface area contributed by atoms with Crippen LogP contribution in [0.3, 0.4) is 0 Å². The minimum Gasteiger partial charge on any atom is -0.497 e. The van der Waals surface area contributed by atoms with Crippen molar-refractivity contribution in [2.75, 3.05) is 7.11 Å². The van der Waals surface area contributed by atoms with Crippen LogP contribution in [0.5, 0.6) is 11.5 Å². The monoisotopic (exact) mass is 300 g/mol. The Morgan fingerprint density at radius 3 is 1.86 bits per heavy atom. The molecule has 2 aromatic rings. The topological polar surface area (TPSA) is 55.8 Å². The molecule has 0 radical (unpaired) electrons. The number of hydrogen-bond donors (Lipinski definition) is 1. The average Bonchev–Trinajstić information content (AvgIpc) is 2.53. The van der Waals surface area contributed by atoms with Crippen LogP contribution in [0.4, 0.5) is 0 Å². The van der Waals surface area contributed by atoms with Crippen molar-refractivity contribution in [1.29, 1.82) is 0 Å². The summed E-state index contributed by atoms with van der Waals surface area (Å²) in [6.07, 6.45) is -1.05. The molecule has 4 nitrogen and oxygen atoms in total. The zero-order chi connectivity index (χ0) is 16.1. The molecule has 0 bridgehead atoms. The summed E-state index contributed by atoms with van der Waals surface area (Å²) < 4.78 is 10.7. The van der Waals surface area contributed by atoms with E-state index in [1.54, 1.807) is 43.5 Å². The summed E-state index contributed by atoms with van der Waals surface area (Å²) in [5.41, 5.74) is 1.75. The van der Waals surface area contributed by atoms with Gasteiger partial charge in [-0.15, -0.1) is 0 Å². The summed E-state index contributed by atoms with van der Waals surface area (Å²) in [6.45, 7) is 4.21. The fraction of sp³-hybridized carbons (Fsp3) is 0.278. The first-order valence-electron chi connectivity index (χ1n) is 7.14. The highest BCUT2D eigenvalue weighted by Crippen LogP contribution is 2.25. The Kier molecular flexibility index (Phi) is 5.04. The van der Waals surface area contributed by atoms with Gasteiger partial charge in [0, 0.05) is 5.56 Å². The predicted octanol–water partition coefficient (Wildman–Crippen LogP) is 4.02. The van der Waals surface area contributed by atoms with Crippen molar-refractivity contribution < 1.29 is 19.4 Å². The van der Waals surface area contributed by atoms with Crippen molar-refractivity contribution in [1.82, 2.24) is 0 Å². The third-order valence-corrected chi connectivity index (χ3v) is 3.44. The van der Waals surface area contributed by atoms with E-state index in [2.05, 4.69) is 13.8 Å². The molecular formula is C18H20O4. The predicted molar refractivity (Wildman–Crippen MR) is 84.5 cm³/mol. The molecule has 0 aliphatic rings. The summed E-state index contributed by atoms with van der Waals surface area (Å²) in [6, 6.07) is 14.3. The van der Waals surface area contributed by atoms with Gasteiger partial charge in [-0.2, -0.15) is 0 Å². The summed E-state index contributed by atoms with van der Waals surface area (Å²) in [4.78, 5) is 11.5. The highest BCUT2D eigenvalue weighted by Gasteiger charge is 2.22. The lowest BCUT2D eigenvalue weighted by Gasteiger charge is -2.16. The lowest BCUT2D eigenvalue weighted by atomic mass is 10.0. The van der Waals surface area contributed by atoms with Crippen molar-refractivity contribution in [2.24, 2.45) is 0 Å². The van der Waals surface area contributed by atoms with E-state index < -0.39 is 12.1 Å². The molecule has 1 N–H and O–H groups in total. The summed E-state index contributed by atoms with van der Waals surface area (Å²) in [7, 11) is 1.57. The molecule has 0 heterocycles. The number of rotatable bonds is 6. The van der Waals surface area contributed by atoms with E-state index in [0.717, 1.165) is 0 Å². The standard InChI is InChI=1S/C18H20O4/c1-12(2)13-4-10-16(11-5-13)22-17(18(19)20)14-6-8-15(21-3)9-7-14/h4-12,17H,1-3H3,(H,19,20). The summed E-state index contributed by atoms with van der Waals surface area (Å²) in [5, 5.41) is 9.40. The number of carboxylic acid groups (broad SMARTS) is 1. The largest absolute Gasteiger partial charge is 0.497 e. The Labute approximate surface area is 130 Å². The van der Waals surface area contributed by atoms with Crippen molar-refractivity contribution >= 4 is 5.97 Å². The van der Waals surface area contributed by atoms with Gasteiger partial charge in [0.1, 0.15) is 11.5 Å². The van der Waals surface area contributed by atoms with Gasteiger partial charge >= 0.3 is 5.97 Å². The summed E-state index contributed by atoms with van der Waals surface area (Å²) in [5.74, 6) is 0.603. The van der Waals surface area contributed by atoms with E-state index in [0.29, 0.717) is 23.0 Å². The first kappa shape index (κ1) is 15.9. The fourth-order valence-electron chi connectivity index (χ4n) is 2.11. The maximum Gasteiger partial charge on any atom is 0.349 e. The number of methoxy groups -OCH3 is 1. The molecule has 2 rings (SSSR count). The Bertz CT molecular complexity index is 615. The van der Waals surface area contributed by atoms with Gasteiger partial charge in [0.25, 0.3) is 0 Å². The van der Waals surface area contributed by atoms with Gasteiger partial charge in [0.05, 0.1) is 7.11 Å². The average molecular weight is 300 g/mol. The normalized spacial score (nSPS) is 12.0. The van der Waals surface area contributed by atoms with Gasteiger partial charge in [-0.25, -0.2) is 4.79 Å². The molecule has 0 amide bonds.